The van der Waals surface area contributed by atoms with Crippen LogP contribution in [-0.4, -0.2) is 53.3 Å². The molecule has 0 spiro atoms. The number of ether oxygens (including phenoxy) is 3. The predicted octanol–water partition coefficient (Wildman–Crippen LogP) is 11.2. The van der Waals surface area contributed by atoms with Gasteiger partial charge in [-0.25, -0.2) is 4.57 Å². The van der Waals surface area contributed by atoms with Gasteiger partial charge in [0, 0.05) is 12.8 Å². The molecule has 0 aromatic heterocycles. The topological polar surface area (TPSA) is 132 Å². The molecular weight excluding hydrogens is 655 g/mol. The standard InChI is InChI=1S/C40H75O9P/c1-3-5-7-9-11-12-13-14-15-16-17-18-19-20-24-28-32-39(41)46-34-36(35-47-50(43,44)45)48-40(42)33-29-25-21-23-27-31-38-37(49-38)30-26-22-10-8-6-4-2/h22,26,36-38H,3-21,23-25,27-35H2,1-2H3,(H2,43,44,45)/b26-22-/t36-,37?,38?/m1/s1. The van der Waals surface area contributed by atoms with Crippen molar-refractivity contribution in [3.63, 3.8) is 0 Å². The smallest absolute Gasteiger partial charge is 0.462 e. The minimum absolute atomic E-state index is 0.192. The summed E-state index contributed by atoms with van der Waals surface area (Å²) in [5.41, 5.74) is 0. The van der Waals surface area contributed by atoms with Crippen molar-refractivity contribution in [2.45, 2.75) is 218 Å². The van der Waals surface area contributed by atoms with Crippen LogP contribution in [0.4, 0.5) is 0 Å². The molecule has 1 saturated heterocycles. The minimum atomic E-state index is -4.76. The molecule has 0 aromatic carbocycles. The molecule has 0 radical (unpaired) electrons. The summed E-state index contributed by atoms with van der Waals surface area (Å²) in [4.78, 5) is 42.9. The van der Waals surface area contributed by atoms with Gasteiger partial charge in [0.25, 0.3) is 0 Å². The number of phosphoric ester groups is 1. The molecule has 2 N–H and O–H groups in total. The zero-order valence-electron chi connectivity index (χ0n) is 32.0. The molecule has 0 amide bonds. The molecule has 0 aliphatic carbocycles. The Morgan fingerprint density at radius 2 is 1.10 bits per heavy atom. The molecule has 2 unspecified atom stereocenters. The van der Waals surface area contributed by atoms with Gasteiger partial charge in [0.05, 0.1) is 18.8 Å². The number of unbranched alkanes of at least 4 members (excludes halogenated alkanes) is 22. The highest BCUT2D eigenvalue weighted by Gasteiger charge is 2.36. The molecule has 0 saturated carbocycles. The van der Waals surface area contributed by atoms with Crippen LogP contribution in [-0.2, 0) is 32.9 Å². The molecule has 0 bridgehead atoms. The van der Waals surface area contributed by atoms with Crippen LogP contribution in [0.1, 0.15) is 200 Å². The molecule has 1 fully saturated rings. The number of allylic oxidation sites excluding steroid dienone is 1. The maximum absolute atomic E-state index is 12.4. The molecule has 1 aliphatic heterocycles. The van der Waals surface area contributed by atoms with Crippen molar-refractivity contribution in [3.05, 3.63) is 12.2 Å². The van der Waals surface area contributed by atoms with Gasteiger partial charge in [-0.15, -0.1) is 0 Å². The number of carbonyl (C=O) groups excluding carboxylic acids is 2. The summed E-state index contributed by atoms with van der Waals surface area (Å²) in [6, 6.07) is 0. The van der Waals surface area contributed by atoms with E-state index in [1.165, 1.54) is 103 Å². The summed E-state index contributed by atoms with van der Waals surface area (Å²) in [5.74, 6) is -0.899. The van der Waals surface area contributed by atoms with Crippen molar-refractivity contribution < 1.29 is 42.7 Å². The van der Waals surface area contributed by atoms with Gasteiger partial charge in [-0.05, 0) is 38.5 Å². The van der Waals surface area contributed by atoms with Crippen LogP contribution in [0, 0.1) is 0 Å². The number of epoxide rings is 1. The first-order chi connectivity index (χ1) is 24.2. The first-order valence-corrected chi connectivity index (χ1v) is 22.1. The number of carbonyl (C=O) groups is 2. The van der Waals surface area contributed by atoms with Crippen LogP contribution in [0.5, 0.6) is 0 Å². The Hall–Kier alpha value is -1.25. The fraction of sp³-hybridized carbons (Fsp3) is 0.900. The van der Waals surface area contributed by atoms with Gasteiger partial charge < -0.3 is 24.0 Å². The van der Waals surface area contributed by atoms with Gasteiger partial charge in [0.2, 0.25) is 0 Å². The summed E-state index contributed by atoms with van der Waals surface area (Å²) in [7, 11) is -4.76. The first kappa shape index (κ1) is 46.8. The van der Waals surface area contributed by atoms with E-state index in [0.29, 0.717) is 18.6 Å². The molecule has 10 heteroatoms. The van der Waals surface area contributed by atoms with E-state index in [2.05, 4.69) is 30.5 Å². The lowest BCUT2D eigenvalue weighted by atomic mass is 10.0. The summed E-state index contributed by atoms with van der Waals surface area (Å²) < 4.78 is 32.2. The maximum atomic E-state index is 12.4. The van der Waals surface area contributed by atoms with Crippen molar-refractivity contribution in [2.24, 2.45) is 0 Å². The van der Waals surface area contributed by atoms with E-state index in [0.717, 1.165) is 64.2 Å². The molecule has 50 heavy (non-hydrogen) atoms. The molecule has 0 aromatic rings. The van der Waals surface area contributed by atoms with Gasteiger partial charge in [0.1, 0.15) is 6.61 Å². The average Bonchev–Trinajstić information content (AvgIpc) is 3.84. The second kappa shape index (κ2) is 32.4. The van der Waals surface area contributed by atoms with Crippen LogP contribution in [0.3, 0.4) is 0 Å². The largest absolute Gasteiger partial charge is 0.469 e. The third kappa shape index (κ3) is 31.5. The van der Waals surface area contributed by atoms with Gasteiger partial charge in [0.15, 0.2) is 6.10 Å². The lowest BCUT2D eigenvalue weighted by Crippen LogP contribution is -2.29. The Morgan fingerprint density at radius 3 is 1.64 bits per heavy atom. The SMILES string of the molecule is CCCCC/C=C\CC1OC1CCCCCCCC(=O)O[C@H](COC(=O)CCCCCCCCCCCCCCCCCC)COP(=O)(O)O. The van der Waals surface area contributed by atoms with E-state index in [-0.39, 0.29) is 19.4 Å². The molecule has 3 atom stereocenters. The van der Waals surface area contributed by atoms with Crippen LogP contribution < -0.4 is 0 Å². The molecule has 1 aliphatic rings. The highest BCUT2D eigenvalue weighted by Crippen LogP contribution is 2.36. The van der Waals surface area contributed by atoms with Crippen LogP contribution in [0.2, 0.25) is 0 Å². The van der Waals surface area contributed by atoms with Gasteiger partial charge in [-0.3, -0.25) is 14.1 Å². The highest BCUT2D eigenvalue weighted by atomic mass is 31.2. The van der Waals surface area contributed by atoms with Gasteiger partial charge in [-0.1, -0.05) is 161 Å². The number of phosphoric acid groups is 1. The van der Waals surface area contributed by atoms with Crippen molar-refractivity contribution in [1.82, 2.24) is 0 Å². The Kier molecular flexibility index (Phi) is 30.3. The van der Waals surface area contributed by atoms with E-state index >= 15 is 0 Å². The van der Waals surface area contributed by atoms with Crippen LogP contribution in [0.25, 0.3) is 0 Å². The second-order valence-corrected chi connectivity index (χ2v) is 15.6. The van der Waals surface area contributed by atoms with Crippen molar-refractivity contribution in [2.75, 3.05) is 13.2 Å². The maximum Gasteiger partial charge on any atom is 0.469 e. The Bertz CT molecular complexity index is 890. The molecule has 1 rings (SSSR count). The van der Waals surface area contributed by atoms with Gasteiger partial charge in [-0.2, -0.15) is 0 Å². The number of hydrogen-bond donors (Lipinski definition) is 2. The zero-order chi connectivity index (χ0) is 36.5. The summed E-state index contributed by atoms with van der Waals surface area (Å²) >= 11 is 0. The van der Waals surface area contributed by atoms with Crippen LogP contribution in [0.15, 0.2) is 12.2 Å². The predicted molar refractivity (Wildman–Crippen MR) is 202 cm³/mol. The van der Waals surface area contributed by atoms with E-state index in [4.69, 9.17) is 24.0 Å². The zero-order valence-corrected chi connectivity index (χ0v) is 32.9. The Balaban J connectivity index is 2.06. The molecular formula is C40H75O9P. The minimum Gasteiger partial charge on any atom is -0.462 e. The third-order valence-corrected chi connectivity index (χ3v) is 9.94. The molecule has 1 heterocycles. The monoisotopic (exact) mass is 731 g/mol. The van der Waals surface area contributed by atoms with Crippen molar-refractivity contribution >= 4 is 19.8 Å². The van der Waals surface area contributed by atoms with E-state index in [9.17, 15) is 14.2 Å². The average molecular weight is 731 g/mol. The Morgan fingerprint density at radius 1 is 0.620 bits per heavy atom. The lowest BCUT2D eigenvalue weighted by Gasteiger charge is -2.18. The van der Waals surface area contributed by atoms with E-state index in [1.54, 1.807) is 0 Å². The fourth-order valence-corrected chi connectivity index (χ4v) is 6.62. The quantitative estimate of drug-likeness (QED) is 0.0211. The Labute approximate surface area is 305 Å². The number of rotatable bonds is 37. The third-order valence-electron chi connectivity index (χ3n) is 9.46. The van der Waals surface area contributed by atoms with Crippen molar-refractivity contribution in [1.29, 1.82) is 0 Å². The van der Waals surface area contributed by atoms with Crippen molar-refractivity contribution in [3.8, 4) is 0 Å². The lowest BCUT2D eigenvalue weighted by molar-refractivity contribution is -0.161. The summed E-state index contributed by atoms with van der Waals surface area (Å²) in [5, 5.41) is 0. The summed E-state index contributed by atoms with van der Waals surface area (Å²) in [6.45, 7) is 3.65. The van der Waals surface area contributed by atoms with Crippen LogP contribution >= 0.6 is 7.82 Å². The summed E-state index contributed by atoms with van der Waals surface area (Å²) in [6.07, 6.45) is 36.6. The second-order valence-electron chi connectivity index (χ2n) is 14.4. The van der Waals surface area contributed by atoms with E-state index < -0.39 is 32.5 Å². The fourth-order valence-electron chi connectivity index (χ4n) is 6.26. The first-order valence-electron chi connectivity index (χ1n) is 20.6. The normalized spacial score (nSPS) is 16.6. The molecule has 9 nitrogen and oxygen atoms in total. The number of hydrogen-bond acceptors (Lipinski definition) is 7. The van der Waals surface area contributed by atoms with Gasteiger partial charge >= 0.3 is 19.8 Å². The highest BCUT2D eigenvalue weighted by molar-refractivity contribution is 7.46. The molecule has 294 valence electrons. The van der Waals surface area contributed by atoms with E-state index in [1.807, 2.05) is 0 Å². The number of esters is 2.